The van der Waals surface area contributed by atoms with Gasteiger partial charge in [0.25, 0.3) is 0 Å². The summed E-state index contributed by atoms with van der Waals surface area (Å²) in [5.74, 6) is 0. The van der Waals surface area contributed by atoms with Gasteiger partial charge in [-0.15, -0.1) is 0 Å². The predicted molar refractivity (Wildman–Crippen MR) is 95.6 cm³/mol. The third-order valence-corrected chi connectivity index (χ3v) is 6.12. The van der Waals surface area contributed by atoms with Crippen molar-refractivity contribution in [3.63, 3.8) is 0 Å². The zero-order valence-corrected chi connectivity index (χ0v) is 15.3. The highest BCUT2D eigenvalue weighted by Crippen LogP contribution is 2.34. The van der Waals surface area contributed by atoms with Crippen LogP contribution in [-0.2, 0) is 11.8 Å². The molecule has 0 aliphatic carbocycles. The Labute approximate surface area is 142 Å². The smallest absolute Gasteiger partial charge is 0.0408 e. The highest BCUT2D eigenvalue weighted by molar-refractivity contribution is 9.09. The molecule has 0 saturated heterocycles. The maximum absolute atomic E-state index is 6.17. The van der Waals surface area contributed by atoms with Crippen molar-refractivity contribution in [3.8, 4) is 0 Å². The number of rotatable bonds is 5. The monoisotopic (exact) mass is 414 g/mol. The van der Waals surface area contributed by atoms with Crippen molar-refractivity contribution in [2.45, 2.75) is 18.8 Å². The van der Waals surface area contributed by atoms with Crippen molar-refractivity contribution < 1.29 is 0 Å². The van der Waals surface area contributed by atoms with E-state index in [9.17, 15) is 0 Å². The van der Waals surface area contributed by atoms with E-state index in [2.05, 4.69) is 75.2 Å². The lowest BCUT2D eigenvalue weighted by Crippen LogP contribution is -2.33. The second kappa shape index (κ2) is 7.11. The summed E-state index contributed by atoms with van der Waals surface area (Å²) in [7, 11) is 0. The van der Waals surface area contributed by atoms with Crippen LogP contribution in [-0.4, -0.2) is 10.7 Å². The van der Waals surface area contributed by atoms with Gasteiger partial charge in [0, 0.05) is 21.1 Å². The van der Waals surface area contributed by atoms with Gasteiger partial charge in [0.15, 0.2) is 0 Å². The fourth-order valence-corrected chi connectivity index (χ4v) is 4.54. The molecule has 2 rings (SSSR count). The molecule has 0 aliphatic heterocycles. The van der Waals surface area contributed by atoms with Crippen LogP contribution in [0.15, 0.2) is 48.5 Å². The van der Waals surface area contributed by atoms with Gasteiger partial charge in [0.2, 0.25) is 0 Å². The molecule has 0 bridgehead atoms. The molecule has 0 fully saturated rings. The van der Waals surface area contributed by atoms with E-state index in [0.29, 0.717) is 0 Å². The van der Waals surface area contributed by atoms with E-state index >= 15 is 0 Å². The summed E-state index contributed by atoms with van der Waals surface area (Å²) < 4.78 is 0. The standard InChI is InChI=1S/C17H17Br2Cl/c1-13-5-2-3-6-14(13)10-17(11-18,12-19)15-7-4-8-16(20)9-15/h2-9H,10-12H2,1H3. The Hall–Kier alpha value is -0.310. The molecule has 0 unspecified atom stereocenters. The van der Waals surface area contributed by atoms with Gasteiger partial charge in [-0.2, -0.15) is 0 Å². The van der Waals surface area contributed by atoms with Crippen LogP contribution in [0.2, 0.25) is 5.02 Å². The van der Waals surface area contributed by atoms with Crippen molar-refractivity contribution in [1.82, 2.24) is 0 Å². The maximum atomic E-state index is 6.17. The van der Waals surface area contributed by atoms with Gasteiger partial charge in [0.05, 0.1) is 0 Å². The summed E-state index contributed by atoms with van der Waals surface area (Å²) in [6, 6.07) is 16.7. The molecule has 0 radical (unpaired) electrons. The van der Waals surface area contributed by atoms with Crippen LogP contribution >= 0.6 is 43.5 Å². The Balaban J connectivity index is 2.42. The van der Waals surface area contributed by atoms with E-state index in [1.165, 1.54) is 16.7 Å². The lowest BCUT2D eigenvalue weighted by Gasteiger charge is -2.31. The summed E-state index contributed by atoms with van der Waals surface area (Å²) in [5, 5.41) is 2.57. The second-order valence-electron chi connectivity index (χ2n) is 5.16. The molecule has 0 atom stereocenters. The normalized spacial score (nSPS) is 11.6. The minimum Gasteiger partial charge on any atom is -0.0918 e. The molecule has 0 amide bonds. The van der Waals surface area contributed by atoms with Crippen LogP contribution in [0.5, 0.6) is 0 Å². The van der Waals surface area contributed by atoms with Crippen molar-refractivity contribution in [3.05, 3.63) is 70.2 Å². The Kier molecular flexibility index (Phi) is 5.71. The number of hydrogen-bond donors (Lipinski definition) is 0. The lowest BCUT2D eigenvalue weighted by molar-refractivity contribution is 0.549. The molecule has 20 heavy (non-hydrogen) atoms. The number of benzene rings is 2. The first kappa shape index (κ1) is 16.1. The fraction of sp³-hybridized carbons (Fsp3) is 0.294. The van der Waals surface area contributed by atoms with E-state index in [1.807, 2.05) is 12.1 Å². The van der Waals surface area contributed by atoms with Crippen molar-refractivity contribution in [1.29, 1.82) is 0 Å². The van der Waals surface area contributed by atoms with Gasteiger partial charge >= 0.3 is 0 Å². The number of hydrogen-bond acceptors (Lipinski definition) is 0. The first-order valence-corrected chi connectivity index (χ1v) is 9.16. The molecular weight excluding hydrogens is 399 g/mol. The number of alkyl halides is 2. The van der Waals surface area contributed by atoms with Crippen molar-refractivity contribution in [2.24, 2.45) is 0 Å². The second-order valence-corrected chi connectivity index (χ2v) is 6.72. The van der Waals surface area contributed by atoms with Crippen LogP contribution in [0.25, 0.3) is 0 Å². The van der Waals surface area contributed by atoms with Gasteiger partial charge in [-0.05, 0) is 42.2 Å². The molecule has 0 heterocycles. The highest BCUT2D eigenvalue weighted by atomic mass is 79.9. The van der Waals surface area contributed by atoms with Crippen LogP contribution in [0.4, 0.5) is 0 Å². The zero-order chi connectivity index (χ0) is 14.6. The lowest BCUT2D eigenvalue weighted by atomic mass is 9.78. The van der Waals surface area contributed by atoms with E-state index in [1.54, 1.807) is 0 Å². The molecular formula is C17H17Br2Cl. The van der Waals surface area contributed by atoms with Gasteiger partial charge in [-0.25, -0.2) is 0 Å². The van der Waals surface area contributed by atoms with E-state index in [0.717, 1.165) is 22.1 Å². The van der Waals surface area contributed by atoms with Crippen LogP contribution in [0.3, 0.4) is 0 Å². The largest absolute Gasteiger partial charge is 0.0918 e. The summed E-state index contributed by atoms with van der Waals surface area (Å²) >= 11 is 13.6. The van der Waals surface area contributed by atoms with E-state index < -0.39 is 0 Å². The Morgan fingerprint density at radius 2 is 1.70 bits per heavy atom. The molecule has 2 aromatic carbocycles. The molecule has 0 aromatic heterocycles. The molecule has 0 saturated carbocycles. The third-order valence-electron chi connectivity index (χ3n) is 3.74. The zero-order valence-electron chi connectivity index (χ0n) is 11.4. The molecule has 0 N–H and O–H groups in total. The quantitative estimate of drug-likeness (QED) is 0.531. The average molecular weight is 417 g/mol. The Morgan fingerprint density at radius 1 is 1.00 bits per heavy atom. The third kappa shape index (κ3) is 3.47. The molecule has 0 nitrogen and oxygen atoms in total. The van der Waals surface area contributed by atoms with E-state index in [4.69, 9.17) is 11.6 Å². The SMILES string of the molecule is Cc1ccccc1CC(CBr)(CBr)c1cccc(Cl)c1. The average Bonchev–Trinajstić information content (AvgIpc) is 2.47. The van der Waals surface area contributed by atoms with Gasteiger partial charge < -0.3 is 0 Å². The maximum Gasteiger partial charge on any atom is 0.0408 e. The summed E-state index contributed by atoms with van der Waals surface area (Å²) in [4.78, 5) is 0. The number of aryl methyl sites for hydroxylation is 1. The molecule has 0 spiro atoms. The first-order valence-electron chi connectivity index (χ1n) is 6.54. The molecule has 106 valence electrons. The summed E-state index contributed by atoms with van der Waals surface area (Å²) in [5.41, 5.74) is 3.99. The molecule has 2 aromatic rings. The van der Waals surface area contributed by atoms with Gasteiger partial charge in [0.1, 0.15) is 0 Å². The van der Waals surface area contributed by atoms with Gasteiger partial charge in [-0.3, -0.25) is 0 Å². The highest BCUT2D eigenvalue weighted by Gasteiger charge is 2.31. The van der Waals surface area contributed by atoms with Crippen molar-refractivity contribution >= 4 is 43.5 Å². The molecule has 3 heteroatoms. The van der Waals surface area contributed by atoms with Crippen LogP contribution in [0.1, 0.15) is 16.7 Å². The van der Waals surface area contributed by atoms with Crippen LogP contribution in [0, 0.1) is 6.92 Å². The fourth-order valence-electron chi connectivity index (χ4n) is 2.38. The van der Waals surface area contributed by atoms with Crippen LogP contribution < -0.4 is 0 Å². The number of halogens is 3. The minimum atomic E-state index is 0.0109. The minimum absolute atomic E-state index is 0.0109. The predicted octanol–water partition coefficient (Wildman–Crippen LogP) is 5.92. The summed E-state index contributed by atoms with van der Waals surface area (Å²) in [6.07, 6.45) is 0.983. The first-order chi connectivity index (χ1) is 9.61. The topological polar surface area (TPSA) is 0 Å². The Bertz CT molecular complexity index is 577. The Morgan fingerprint density at radius 3 is 2.30 bits per heavy atom. The summed E-state index contributed by atoms with van der Waals surface area (Å²) in [6.45, 7) is 2.17. The molecule has 0 aliphatic rings. The van der Waals surface area contributed by atoms with Crippen molar-refractivity contribution in [2.75, 3.05) is 10.7 Å². The van der Waals surface area contributed by atoms with Gasteiger partial charge in [-0.1, -0.05) is 79.9 Å². The van der Waals surface area contributed by atoms with E-state index in [-0.39, 0.29) is 5.41 Å².